The van der Waals surface area contributed by atoms with Crippen LogP contribution < -0.4 is 0 Å². The zero-order chi connectivity index (χ0) is 26.1. The minimum atomic E-state index is -0.710. The standard InChI is InChI=1S/C29H40O6/c1-9-17(15-30)22-18(32)14-20-27(22,5)12-10-19-28(6)13-11-21(33)26(3,4)24(28)23(34-8)25(29(19,20)7)35-16(2)31/h11,13-15,17,19,22-25H,9-10,12H2,1-8H3/t17-,19-,22-,23-,24-,25-,27-,28-,29-/m1/s1. The third-order valence-corrected chi connectivity index (χ3v) is 10.4. The van der Waals surface area contributed by atoms with Gasteiger partial charge in [0.25, 0.3) is 0 Å². The van der Waals surface area contributed by atoms with Crippen LogP contribution in [0.2, 0.25) is 0 Å². The number of fused-ring (bicyclic) bond motifs is 5. The van der Waals surface area contributed by atoms with Gasteiger partial charge in [-0.1, -0.05) is 47.6 Å². The summed E-state index contributed by atoms with van der Waals surface area (Å²) in [5.74, 6) is -1.35. The van der Waals surface area contributed by atoms with Crippen LogP contribution in [0, 0.1) is 45.3 Å². The van der Waals surface area contributed by atoms with E-state index in [-0.39, 0.29) is 29.3 Å². The van der Waals surface area contributed by atoms with Crippen molar-refractivity contribution in [1.29, 1.82) is 0 Å². The predicted octanol–water partition coefficient (Wildman–Crippen LogP) is 4.51. The molecule has 0 unspecified atom stereocenters. The Morgan fingerprint density at radius 2 is 1.86 bits per heavy atom. The second kappa shape index (κ2) is 8.22. The summed E-state index contributed by atoms with van der Waals surface area (Å²) in [5, 5.41) is 0. The van der Waals surface area contributed by atoms with Crippen LogP contribution >= 0.6 is 0 Å². The number of esters is 1. The van der Waals surface area contributed by atoms with E-state index in [0.29, 0.717) is 6.42 Å². The molecule has 4 aliphatic rings. The lowest BCUT2D eigenvalue weighted by atomic mass is 9.37. The monoisotopic (exact) mass is 484 g/mol. The number of aldehydes is 1. The van der Waals surface area contributed by atoms with Gasteiger partial charge in [0.2, 0.25) is 0 Å². The van der Waals surface area contributed by atoms with Crippen LogP contribution in [0.15, 0.2) is 23.8 Å². The lowest BCUT2D eigenvalue weighted by Gasteiger charge is -2.68. The molecule has 0 aromatic carbocycles. The van der Waals surface area contributed by atoms with Gasteiger partial charge >= 0.3 is 5.97 Å². The summed E-state index contributed by atoms with van der Waals surface area (Å²) in [6, 6.07) is 0. The van der Waals surface area contributed by atoms with Crippen LogP contribution in [0.3, 0.4) is 0 Å². The van der Waals surface area contributed by atoms with Crippen molar-refractivity contribution in [3.05, 3.63) is 23.8 Å². The van der Waals surface area contributed by atoms with Gasteiger partial charge in [-0.15, -0.1) is 0 Å². The molecule has 2 fully saturated rings. The number of rotatable bonds is 5. The van der Waals surface area contributed by atoms with Gasteiger partial charge in [-0.2, -0.15) is 0 Å². The Balaban J connectivity index is 1.97. The second-order valence-corrected chi connectivity index (χ2v) is 12.4. The fourth-order valence-corrected chi connectivity index (χ4v) is 9.02. The summed E-state index contributed by atoms with van der Waals surface area (Å²) < 4.78 is 12.2. The molecule has 0 saturated heterocycles. The van der Waals surface area contributed by atoms with Crippen molar-refractivity contribution in [2.45, 2.75) is 79.9 Å². The van der Waals surface area contributed by atoms with Gasteiger partial charge in [0.1, 0.15) is 12.4 Å². The Hall–Kier alpha value is -2.08. The quantitative estimate of drug-likeness (QED) is 0.422. The van der Waals surface area contributed by atoms with E-state index in [1.165, 1.54) is 6.92 Å². The maximum Gasteiger partial charge on any atom is 0.303 e. The van der Waals surface area contributed by atoms with E-state index in [4.69, 9.17) is 9.47 Å². The van der Waals surface area contributed by atoms with Crippen molar-refractivity contribution < 1.29 is 28.7 Å². The SMILES string of the molecule is CC[C@H](C=O)[C@@H]1C(=O)C=C2[C@]3(C)[C@H](OC(C)=O)[C@H](OC)[C@@H]4C(C)(C)C(=O)C=C[C@]4(C)[C@H]3CC[C@]21C. The molecule has 0 radical (unpaired) electrons. The molecule has 192 valence electrons. The third kappa shape index (κ3) is 3.24. The van der Waals surface area contributed by atoms with E-state index in [1.54, 1.807) is 19.3 Å². The molecule has 2 saturated carbocycles. The summed E-state index contributed by atoms with van der Waals surface area (Å²) in [5.41, 5.74) is -1.36. The van der Waals surface area contributed by atoms with Crippen molar-refractivity contribution in [2.75, 3.05) is 7.11 Å². The predicted molar refractivity (Wildman–Crippen MR) is 131 cm³/mol. The summed E-state index contributed by atoms with van der Waals surface area (Å²) in [4.78, 5) is 51.0. The molecule has 9 atom stereocenters. The number of methoxy groups -OCH3 is 1. The first-order valence-corrected chi connectivity index (χ1v) is 12.9. The smallest absolute Gasteiger partial charge is 0.303 e. The van der Waals surface area contributed by atoms with Gasteiger partial charge in [0.15, 0.2) is 11.6 Å². The van der Waals surface area contributed by atoms with Crippen LogP contribution in [0.5, 0.6) is 0 Å². The average Bonchev–Trinajstić information content (AvgIpc) is 3.05. The van der Waals surface area contributed by atoms with E-state index in [1.807, 2.05) is 26.8 Å². The van der Waals surface area contributed by atoms with Crippen LogP contribution in [0.1, 0.15) is 67.7 Å². The Morgan fingerprint density at radius 1 is 1.20 bits per heavy atom. The highest BCUT2D eigenvalue weighted by Crippen LogP contribution is 2.72. The molecule has 0 aromatic rings. The Kier molecular flexibility index (Phi) is 6.11. The zero-order valence-electron chi connectivity index (χ0n) is 22.3. The zero-order valence-corrected chi connectivity index (χ0v) is 22.3. The molecule has 35 heavy (non-hydrogen) atoms. The van der Waals surface area contributed by atoms with Gasteiger partial charge in [0.05, 0.1) is 6.10 Å². The van der Waals surface area contributed by atoms with E-state index in [0.717, 1.165) is 24.7 Å². The Labute approximate surface area is 208 Å². The first kappa shape index (κ1) is 26.0. The molecule has 6 nitrogen and oxygen atoms in total. The summed E-state index contributed by atoms with van der Waals surface area (Å²) >= 11 is 0. The number of carbonyl (C=O) groups excluding carboxylic acids is 4. The molecule has 0 aliphatic heterocycles. The number of ether oxygens (including phenoxy) is 2. The van der Waals surface area contributed by atoms with Gasteiger partial charge in [-0.3, -0.25) is 14.4 Å². The van der Waals surface area contributed by atoms with Gasteiger partial charge in [-0.05, 0) is 48.3 Å². The number of hydrogen-bond donors (Lipinski definition) is 0. The number of hydrogen-bond acceptors (Lipinski definition) is 6. The normalized spacial score (nSPS) is 44.6. The molecule has 0 N–H and O–H groups in total. The van der Waals surface area contributed by atoms with Crippen molar-refractivity contribution in [3.8, 4) is 0 Å². The molecule has 4 aliphatic carbocycles. The summed E-state index contributed by atoms with van der Waals surface area (Å²) in [6.45, 7) is 13.7. The lowest BCUT2D eigenvalue weighted by Crippen LogP contribution is -2.70. The number of ketones is 2. The molecule has 4 rings (SSSR count). The molecular formula is C29H40O6. The van der Waals surface area contributed by atoms with Crippen LogP contribution in [-0.2, 0) is 28.7 Å². The number of allylic oxidation sites excluding steroid dienone is 3. The lowest BCUT2D eigenvalue weighted by molar-refractivity contribution is -0.235. The van der Waals surface area contributed by atoms with Crippen LogP contribution in [0.25, 0.3) is 0 Å². The van der Waals surface area contributed by atoms with E-state index < -0.39 is 45.8 Å². The molecule has 0 heterocycles. The molecule has 0 aromatic heterocycles. The molecular weight excluding hydrogens is 444 g/mol. The molecule has 6 heteroatoms. The highest BCUT2D eigenvalue weighted by atomic mass is 16.6. The molecule has 0 spiro atoms. The summed E-state index contributed by atoms with van der Waals surface area (Å²) in [6.07, 6.45) is 7.37. The second-order valence-electron chi connectivity index (χ2n) is 12.4. The van der Waals surface area contributed by atoms with E-state index in [2.05, 4.69) is 20.8 Å². The van der Waals surface area contributed by atoms with Crippen LogP contribution in [0.4, 0.5) is 0 Å². The Morgan fingerprint density at radius 3 is 2.40 bits per heavy atom. The topological polar surface area (TPSA) is 86.7 Å². The van der Waals surface area contributed by atoms with Crippen molar-refractivity contribution in [1.82, 2.24) is 0 Å². The highest BCUT2D eigenvalue weighted by Gasteiger charge is 2.72. The Bertz CT molecular complexity index is 1020. The minimum Gasteiger partial charge on any atom is -0.459 e. The fourth-order valence-electron chi connectivity index (χ4n) is 9.02. The molecule has 0 amide bonds. The third-order valence-electron chi connectivity index (χ3n) is 10.4. The molecule has 0 bridgehead atoms. The maximum absolute atomic E-state index is 13.5. The maximum atomic E-state index is 13.5. The van der Waals surface area contributed by atoms with Gasteiger partial charge < -0.3 is 14.3 Å². The van der Waals surface area contributed by atoms with E-state index >= 15 is 0 Å². The minimum absolute atomic E-state index is 0.0131. The van der Waals surface area contributed by atoms with Crippen molar-refractivity contribution >= 4 is 23.8 Å². The first-order valence-electron chi connectivity index (χ1n) is 12.9. The average molecular weight is 485 g/mol. The van der Waals surface area contributed by atoms with E-state index in [9.17, 15) is 19.2 Å². The summed E-state index contributed by atoms with van der Waals surface area (Å²) in [7, 11) is 1.61. The first-order chi connectivity index (χ1) is 16.2. The fraction of sp³-hybridized carbons (Fsp3) is 0.724. The van der Waals surface area contributed by atoms with Gasteiger partial charge in [0, 0.05) is 48.0 Å². The van der Waals surface area contributed by atoms with Gasteiger partial charge in [-0.25, -0.2) is 0 Å². The highest BCUT2D eigenvalue weighted by molar-refractivity contribution is 5.99. The van der Waals surface area contributed by atoms with Crippen LogP contribution in [-0.4, -0.2) is 43.1 Å². The number of carbonyl (C=O) groups is 4. The van der Waals surface area contributed by atoms with Crippen molar-refractivity contribution in [3.63, 3.8) is 0 Å². The largest absolute Gasteiger partial charge is 0.459 e. The van der Waals surface area contributed by atoms with Crippen molar-refractivity contribution in [2.24, 2.45) is 45.3 Å².